The fourth-order valence-corrected chi connectivity index (χ4v) is 5.08. The number of hydrogen-bond donors (Lipinski definition) is 2. The molecule has 7 nitrogen and oxygen atoms in total. The number of rotatable bonds is 11. The molecular weight excluding hydrogens is 390 g/mol. The lowest BCUT2D eigenvalue weighted by atomic mass is 9.84. The Bertz CT molecular complexity index is 552. The number of nitrogens with zero attached hydrogens (tertiary/aromatic N) is 3. The molecule has 0 aromatic heterocycles. The highest BCUT2D eigenvalue weighted by Gasteiger charge is 2.31. The highest BCUT2D eigenvalue weighted by atomic mass is 16.5. The first-order valence-electron chi connectivity index (χ1n) is 12.9. The predicted octanol–water partition coefficient (Wildman–Crippen LogP) is 2.47. The van der Waals surface area contributed by atoms with Crippen LogP contribution in [0.5, 0.6) is 0 Å². The van der Waals surface area contributed by atoms with Gasteiger partial charge in [0.05, 0.1) is 6.10 Å². The third-order valence-corrected chi connectivity index (χ3v) is 7.19. The average molecular weight is 436 g/mol. The molecule has 2 saturated carbocycles. The lowest BCUT2D eigenvalue weighted by Gasteiger charge is -2.38. The Hall–Kier alpha value is -1.34. The van der Waals surface area contributed by atoms with Gasteiger partial charge in [-0.2, -0.15) is 0 Å². The first kappa shape index (κ1) is 24.3. The quantitative estimate of drug-likeness (QED) is 0.385. The van der Waals surface area contributed by atoms with Crippen LogP contribution in [0.15, 0.2) is 4.99 Å². The molecule has 0 aromatic carbocycles. The second-order valence-electron chi connectivity index (χ2n) is 9.31. The molecule has 31 heavy (non-hydrogen) atoms. The van der Waals surface area contributed by atoms with E-state index >= 15 is 0 Å². The maximum atomic E-state index is 12.4. The fourth-order valence-electron chi connectivity index (χ4n) is 5.08. The van der Waals surface area contributed by atoms with E-state index in [1.807, 2.05) is 0 Å². The lowest BCUT2D eigenvalue weighted by molar-refractivity contribution is -0.139. The van der Waals surface area contributed by atoms with Crippen molar-refractivity contribution in [3.63, 3.8) is 0 Å². The standard InChI is InChI=1S/C24H45N5O2/c1-3-25-24(26-13-12-22(31-4-2)20-8-5-6-9-20)27-14-15-28-16-18-29(19-17-28)23(30)21-10-7-11-21/h20-22H,3-19H2,1-2H3,(H2,25,26,27). The molecule has 1 heterocycles. The minimum atomic E-state index is 0.322. The number of aliphatic imine (C=N–C) groups is 1. The second-order valence-corrected chi connectivity index (χ2v) is 9.31. The minimum Gasteiger partial charge on any atom is -0.378 e. The number of piperazine rings is 1. The number of ether oxygens (including phenoxy) is 1. The summed E-state index contributed by atoms with van der Waals surface area (Å²) in [4.78, 5) is 21.7. The molecule has 0 aromatic rings. The van der Waals surface area contributed by atoms with E-state index in [0.29, 0.717) is 17.9 Å². The molecule has 2 aliphatic carbocycles. The molecule has 178 valence electrons. The van der Waals surface area contributed by atoms with Crippen LogP contribution in [0.25, 0.3) is 0 Å². The average Bonchev–Trinajstić information content (AvgIpc) is 3.27. The van der Waals surface area contributed by atoms with Gasteiger partial charge in [0.25, 0.3) is 0 Å². The third kappa shape index (κ3) is 7.63. The Morgan fingerprint density at radius 3 is 2.39 bits per heavy atom. The van der Waals surface area contributed by atoms with Gasteiger partial charge >= 0.3 is 0 Å². The van der Waals surface area contributed by atoms with Gasteiger partial charge in [-0.3, -0.25) is 14.7 Å². The summed E-state index contributed by atoms with van der Waals surface area (Å²) in [6, 6.07) is 0. The molecule has 1 saturated heterocycles. The van der Waals surface area contributed by atoms with Crippen LogP contribution in [0.4, 0.5) is 0 Å². The van der Waals surface area contributed by atoms with Crippen molar-refractivity contribution in [2.24, 2.45) is 16.8 Å². The SMILES string of the molecule is CCNC(=NCCC(OCC)C1CCCC1)NCCN1CCN(C(=O)C2CCC2)CC1. The van der Waals surface area contributed by atoms with Gasteiger partial charge in [-0.25, -0.2) is 0 Å². The Kier molecular flexibility index (Phi) is 10.4. The first-order chi connectivity index (χ1) is 15.2. The Morgan fingerprint density at radius 1 is 1.03 bits per heavy atom. The Morgan fingerprint density at radius 2 is 1.77 bits per heavy atom. The molecule has 3 fully saturated rings. The summed E-state index contributed by atoms with van der Waals surface area (Å²) >= 11 is 0. The van der Waals surface area contributed by atoms with Crippen molar-refractivity contribution in [3.8, 4) is 0 Å². The monoisotopic (exact) mass is 435 g/mol. The molecule has 3 aliphatic rings. The van der Waals surface area contributed by atoms with Gasteiger partial charge in [-0.15, -0.1) is 0 Å². The maximum Gasteiger partial charge on any atom is 0.225 e. The van der Waals surface area contributed by atoms with E-state index in [1.165, 1.54) is 32.1 Å². The van der Waals surface area contributed by atoms with Gasteiger partial charge in [0.1, 0.15) is 0 Å². The van der Waals surface area contributed by atoms with E-state index in [4.69, 9.17) is 9.73 Å². The van der Waals surface area contributed by atoms with E-state index in [1.54, 1.807) is 0 Å². The van der Waals surface area contributed by atoms with Crippen molar-refractivity contribution in [2.75, 3.05) is 59.0 Å². The molecule has 0 spiro atoms. The predicted molar refractivity (Wildman–Crippen MR) is 126 cm³/mol. The molecule has 1 atom stereocenters. The number of carbonyl (C=O) groups excluding carboxylic acids is 1. The van der Waals surface area contributed by atoms with Crippen LogP contribution in [0.1, 0.15) is 65.2 Å². The molecule has 3 rings (SSSR count). The Labute approximate surface area is 189 Å². The van der Waals surface area contributed by atoms with Crippen LogP contribution in [-0.2, 0) is 9.53 Å². The molecule has 1 amide bonds. The van der Waals surface area contributed by atoms with Crippen molar-refractivity contribution in [1.29, 1.82) is 0 Å². The summed E-state index contributed by atoms with van der Waals surface area (Å²) in [6.45, 7) is 12.2. The van der Waals surface area contributed by atoms with Crippen LogP contribution in [0, 0.1) is 11.8 Å². The summed E-state index contributed by atoms with van der Waals surface area (Å²) in [5.41, 5.74) is 0. The molecule has 7 heteroatoms. The molecule has 2 N–H and O–H groups in total. The summed E-state index contributed by atoms with van der Waals surface area (Å²) < 4.78 is 6.03. The number of hydrogen-bond acceptors (Lipinski definition) is 4. The number of amides is 1. The van der Waals surface area contributed by atoms with Gasteiger partial charge in [-0.05, 0) is 51.9 Å². The Balaban J connectivity index is 1.34. The summed E-state index contributed by atoms with van der Waals surface area (Å²) in [5.74, 6) is 2.35. The minimum absolute atomic E-state index is 0.322. The molecule has 1 aliphatic heterocycles. The normalized spacial score (nSPS) is 22.4. The number of carbonyl (C=O) groups is 1. The van der Waals surface area contributed by atoms with Gasteiger partial charge in [0.15, 0.2) is 5.96 Å². The van der Waals surface area contributed by atoms with E-state index < -0.39 is 0 Å². The van der Waals surface area contributed by atoms with Crippen LogP contribution in [0.3, 0.4) is 0 Å². The van der Waals surface area contributed by atoms with Crippen LogP contribution in [0.2, 0.25) is 0 Å². The van der Waals surface area contributed by atoms with Crippen LogP contribution in [-0.4, -0.2) is 86.7 Å². The summed E-state index contributed by atoms with van der Waals surface area (Å²) in [6.07, 6.45) is 10.1. The van der Waals surface area contributed by atoms with E-state index in [9.17, 15) is 4.79 Å². The topological polar surface area (TPSA) is 69.2 Å². The van der Waals surface area contributed by atoms with Crippen molar-refractivity contribution in [2.45, 2.75) is 71.3 Å². The van der Waals surface area contributed by atoms with E-state index in [2.05, 4.69) is 34.3 Å². The fraction of sp³-hybridized carbons (Fsp3) is 0.917. The van der Waals surface area contributed by atoms with Gasteiger partial charge < -0.3 is 20.3 Å². The van der Waals surface area contributed by atoms with E-state index in [-0.39, 0.29) is 0 Å². The van der Waals surface area contributed by atoms with Crippen LogP contribution < -0.4 is 10.6 Å². The second kappa shape index (κ2) is 13.3. The van der Waals surface area contributed by atoms with Crippen LogP contribution >= 0.6 is 0 Å². The molecular formula is C24H45N5O2. The summed E-state index contributed by atoms with van der Waals surface area (Å²) in [5, 5.41) is 6.86. The number of guanidine groups is 1. The van der Waals surface area contributed by atoms with E-state index in [0.717, 1.165) is 90.1 Å². The summed E-state index contributed by atoms with van der Waals surface area (Å²) in [7, 11) is 0. The zero-order valence-electron chi connectivity index (χ0n) is 19.9. The highest BCUT2D eigenvalue weighted by molar-refractivity contribution is 5.80. The molecule has 0 radical (unpaired) electrons. The van der Waals surface area contributed by atoms with Gasteiger partial charge in [0.2, 0.25) is 5.91 Å². The third-order valence-electron chi connectivity index (χ3n) is 7.19. The number of nitrogens with one attached hydrogen (secondary N) is 2. The first-order valence-corrected chi connectivity index (χ1v) is 12.9. The molecule has 0 bridgehead atoms. The van der Waals surface area contributed by atoms with Gasteiger partial charge in [-0.1, -0.05) is 19.3 Å². The van der Waals surface area contributed by atoms with Crippen molar-refractivity contribution < 1.29 is 9.53 Å². The van der Waals surface area contributed by atoms with Crippen molar-refractivity contribution in [1.82, 2.24) is 20.4 Å². The molecule has 1 unspecified atom stereocenters. The smallest absolute Gasteiger partial charge is 0.225 e. The maximum absolute atomic E-state index is 12.4. The van der Waals surface area contributed by atoms with Gasteiger partial charge in [0, 0.05) is 64.9 Å². The van der Waals surface area contributed by atoms with Crippen molar-refractivity contribution >= 4 is 11.9 Å². The largest absolute Gasteiger partial charge is 0.378 e. The lowest BCUT2D eigenvalue weighted by Crippen LogP contribution is -2.52. The highest BCUT2D eigenvalue weighted by Crippen LogP contribution is 2.31. The zero-order valence-corrected chi connectivity index (χ0v) is 19.9. The zero-order chi connectivity index (χ0) is 21.9. The van der Waals surface area contributed by atoms with Crippen molar-refractivity contribution in [3.05, 3.63) is 0 Å².